The number of hydrogen-bond acceptors (Lipinski definition) is 6. The Bertz CT molecular complexity index is 1770. The highest BCUT2D eigenvalue weighted by Crippen LogP contribution is 2.41. The van der Waals surface area contributed by atoms with Crippen LogP contribution < -0.4 is 15.4 Å². The van der Waals surface area contributed by atoms with Crippen LogP contribution in [0.4, 0.5) is 18.0 Å². The molecule has 0 bridgehead atoms. The summed E-state index contributed by atoms with van der Waals surface area (Å²) >= 11 is 6.62. The molecule has 1 amide bonds. The van der Waals surface area contributed by atoms with Crippen LogP contribution in [0.2, 0.25) is 5.02 Å². The summed E-state index contributed by atoms with van der Waals surface area (Å²) in [4.78, 5) is 25.3. The minimum Gasteiger partial charge on any atom is -0.493 e. The highest BCUT2D eigenvalue weighted by Gasteiger charge is 2.54. The van der Waals surface area contributed by atoms with Crippen molar-refractivity contribution in [2.24, 2.45) is 10.2 Å². The van der Waals surface area contributed by atoms with Gasteiger partial charge < -0.3 is 10.2 Å². The number of thiazole rings is 1. The third kappa shape index (κ3) is 5.08. The average Bonchev–Trinajstić information content (AvgIpc) is 3.59. The van der Waals surface area contributed by atoms with Crippen LogP contribution in [0.3, 0.4) is 0 Å². The monoisotopic (exact) mass is 607 g/mol. The molecular weight excluding hydrogens is 581 g/mol. The molecule has 1 aromatic heterocycles. The topological polar surface area (TPSA) is 104 Å². The molecule has 2 aliphatic heterocycles. The van der Waals surface area contributed by atoms with Crippen LogP contribution in [-0.4, -0.2) is 50.2 Å². The maximum atomic E-state index is 14.0. The summed E-state index contributed by atoms with van der Waals surface area (Å²) in [6.45, 7) is 5.76. The van der Waals surface area contributed by atoms with Gasteiger partial charge in [0.1, 0.15) is 12.1 Å². The molecule has 1 fully saturated rings. The van der Waals surface area contributed by atoms with Crippen molar-refractivity contribution in [1.29, 1.82) is 0 Å². The number of likely N-dealkylation sites (tertiary alicyclic amines) is 1. The lowest BCUT2D eigenvalue weighted by molar-refractivity contribution is -0.893. The first-order chi connectivity index (χ1) is 19.1. The van der Waals surface area contributed by atoms with Crippen molar-refractivity contribution in [3.05, 3.63) is 83.2 Å². The number of benzene rings is 2. The van der Waals surface area contributed by atoms with Gasteiger partial charge in [-0.05, 0) is 61.4 Å². The largest absolute Gasteiger partial charge is 0.514 e. The van der Waals surface area contributed by atoms with E-state index in [1.807, 2.05) is 20.8 Å². The van der Waals surface area contributed by atoms with Crippen LogP contribution >= 0.6 is 22.9 Å². The lowest BCUT2D eigenvalue weighted by atomic mass is 9.96. The van der Waals surface area contributed by atoms with Crippen molar-refractivity contribution in [1.82, 2.24) is 4.57 Å². The summed E-state index contributed by atoms with van der Waals surface area (Å²) in [5.41, 5.74) is -0.737. The second-order valence-electron chi connectivity index (χ2n) is 11.2. The van der Waals surface area contributed by atoms with E-state index in [1.54, 1.807) is 18.2 Å². The van der Waals surface area contributed by atoms with Crippen LogP contribution in [-0.2, 0) is 12.6 Å². The number of carbonyl (C=O) groups is 1. The number of hydrogen-bond donors (Lipinski definition) is 2. The Morgan fingerprint density at radius 2 is 1.93 bits per heavy atom. The highest BCUT2D eigenvalue weighted by atomic mass is 35.5. The number of nitrogens with zero attached hydrogens (tertiary/aromatic N) is 4. The van der Waals surface area contributed by atoms with Crippen LogP contribution in [0.1, 0.15) is 54.8 Å². The van der Waals surface area contributed by atoms with Gasteiger partial charge in [-0.2, -0.15) is 28.2 Å². The van der Waals surface area contributed by atoms with Gasteiger partial charge in [-0.1, -0.05) is 35.1 Å². The number of carboxylic acid groups (broad SMARTS) is 1. The van der Waals surface area contributed by atoms with Gasteiger partial charge in [0.2, 0.25) is 5.88 Å². The van der Waals surface area contributed by atoms with E-state index in [0.717, 1.165) is 17.4 Å². The van der Waals surface area contributed by atoms with Gasteiger partial charge in [0.05, 0.1) is 34.6 Å². The third-order valence-electron chi connectivity index (χ3n) is 7.96. The number of fused-ring (bicyclic) bond motifs is 1. The minimum absolute atomic E-state index is 0.0724. The Morgan fingerprint density at radius 3 is 2.56 bits per heavy atom. The average molecular weight is 608 g/mol. The number of aromatic hydroxyl groups is 1. The van der Waals surface area contributed by atoms with E-state index in [-0.39, 0.29) is 39.5 Å². The van der Waals surface area contributed by atoms with E-state index in [0.29, 0.717) is 28.1 Å². The van der Waals surface area contributed by atoms with Crippen LogP contribution in [0.5, 0.6) is 5.88 Å². The number of halogens is 4. The summed E-state index contributed by atoms with van der Waals surface area (Å²) in [6, 6.07) is 7.90. The molecule has 3 heterocycles. The SMILES string of the molecule is CC(C)(C)[N+]1(C(=O)O)CC[C@H](n2c(O)c(C(Cc3ccc(Cl)cc3C(F)(F)F)=c3ccc4c(c3)C=NN=4)sc2=O)C1. The quantitative estimate of drug-likeness (QED) is 0.410. The fraction of sp³-hybridized carbons (Fsp3) is 0.357. The Hall–Kier alpha value is -3.48. The predicted octanol–water partition coefficient (Wildman–Crippen LogP) is 4.93. The van der Waals surface area contributed by atoms with E-state index in [9.17, 15) is 33.0 Å². The zero-order valence-electron chi connectivity index (χ0n) is 22.4. The molecule has 3 aromatic rings. The van der Waals surface area contributed by atoms with Crippen molar-refractivity contribution in [2.75, 3.05) is 13.1 Å². The predicted molar refractivity (Wildman–Crippen MR) is 149 cm³/mol. The molecule has 8 nitrogen and oxygen atoms in total. The number of amides is 1. The van der Waals surface area contributed by atoms with Gasteiger partial charge in [0.25, 0.3) is 0 Å². The molecule has 2 aliphatic rings. The molecule has 2 aromatic carbocycles. The summed E-state index contributed by atoms with van der Waals surface area (Å²) in [5.74, 6) is -0.402. The van der Waals surface area contributed by atoms with E-state index in [2.05, 4.69) is 10.2 Å². The van der Waals surface area contributed by atoms with Crippen molar-refractivity contribution in [3.8, 4) is 5.88 Å². The van der Waals surface area contributed by atoms with Crippen molar-refractivity contribution >= 4 is 40.8 Å². The standard InChI is InChI=1S/C28H26ClF3N4O4S/c1-27(2,3)36(26(39)40)9-8-19(14-36)35-24(37)23(41-25(35)38)20(15-5-7-22-17(10-15)13-33-34-22)11-16-4-6-18(29)12-21(16)28(30,31)32/h4-7,10,12-13,19H,8-9,11,14H2,1-3H3,(H-,33,34,37,39,40)/p+1/t19-,36?/m0/s1. The Kier molecular flexibility index (Phi) is 7.16. The summed E-state index contributed by atoms with van der Waals surface area (Å²) < 4.78 is 42.9. The number of quaternary nitrogens is 1. The Labute approximate surface area is 241 Å². The van der Waals surface area contributed by atoms with Crippen LogP contribution in [0.25, 0.3) is 5.57 Å². The van der Waals surface area contributed by atoms with E-state index in [4.69, 9.17) is 11.6 Å². The number of alkyl halides is 3. The molecule has 0 saturated carbocycles. The second kappa shape index (κ2) is 10.1. The number of rotatable bonds is 4. The molecule has 2 atom stereocenters. The molecule has 1 unspecified atom stereocenters. The molecule has 41 heavy (non-hydrogen) atoms. The van der Waals surface area contributed by atoms with Gasteiger partial charge in [-0.3, -0.25) is 9.36 Å². The van der Waals surface area contributed by atoms with E-state index >= 15 is 0 Å². The molecule has 216 valence electrons. The van der Waals surface area contributed by atoms with Crippen LogP contribution in [0, 0.1) is 0 Å². The Morgan fingerprint density at radius 1 is 1.20 bits per heavy atom. The molecule has 5 rings (SSSR count). The fourth-order valence-electron chi connectivity index (χ4n) is 5.65. The smallest absolute Gasteiger partial charge is 0.493 e. The van der Waals surface area contributed by atoms with E-state index in [1.165, 1.54) is 22.9 Å². The van der Waals surface area contributed by atoms with Gasteiger partial charge >= 0.3 is 17.1 Å². The summed E-state index contributed by atoms with van der Waals surface area (Å²) in [7, 11) is 0. The first-order valence-electron chi connectivity index (χ1n) is 12.8. The lowest BCUT2D eigenvalue weighted by Crippen LogP contribution is -2.61. The summed E-state index contributed by atoms with van der Waals surface area (Å²) in [6.07, 6.45) is -4.14. The molecular formula is C28H27ClF3N4O4S+. The van der Waals surface area contributed by atoms with Gasteiger partial charge in [-0.15, -0.1) is 0 Å². The molecule has 2 N–H and O–H groups in total. The van der Waals surface area contributed by atoms with Gasteiger partial charge in [0, 0.05) is 23.4 Å². The van der Waals surface area contributed by atoms with Crippen molar-refractivity contribution in [2.45, 2.75) is 51.4 Å². The summed E-state index contributed by atoms with van der Waals surface area (Å²) in [5, 5.41) is 30.4. The fourth-order valence-corrected chi connectivity index (χ4v) is 6.83. The molecule has 0 radical (unpaired) electrons. The van der Waals surface area contributed by atoms with Crippen molar-refractivity contribution in [3.63, 3.8) is 0 Å². The molecule has 0 spiro atoms. The van der Waals surface area contributed by atoms with Gasteiger partial charge in [0.15, 0.2) is 0 Å². The van der Waals surface area contributed by atoms with Crippen LogP contribution in [0.15, 0.2) is 51.4 Å². The molecule has 0 aliphatic carbocycles. The van der Waals surface area contributed by atoms with E-state index < -0.39 is 40.2 Å². The highest BCUT2D eigenvalue weighted by molar-refractivity contribution is 7.10. The molecule has 13 heteroatoms. The third-order valence-corrected chi connectivity index (χ3v) is 9.20. The van der Waals surface area contributed by atoms with Gasteiger partial charge in [-0.25, -0.2) is 4.48 Å². The first kappa shape index (κ1) is 29.0. The maximum absolute atomic E-state index is 14.0. The normalized spacial score (nSPS) is 21.1. The Balaban J connectivity index is 1.68. The maximum Gasteiger partial charge on any atom is 0.514 e. The molecule has 1 saturated heterocycles. The first-order valence-corrected chi connectivity index (χ1v) is 14.0. The minimum atomic E-state index is -4.69. The number of aromatic nitrogens is 1. The second-order valence-corrected chi connectivity index (χ2v) is 12.6. The van der Waals surface area contributed by atoms with Crippen molar-refractivity contribution < 1.29 is 32.7 Å². The zero-order valence-corrected chi connectivity index (χ0v) is 23.9. The lowest BCUT2D eigenvalue weighted by Gasteiger charge is -2.40. The zero-order chi connectivity index (χ0) is 29.9.